The molecule has 4 aromatic rings. The van der Waals surface area contributed by atoms with E-state index in [2.05, 4.69) is 30.3 Å². The Kier molecular flexibility index (Phi) is 2.04. The molecular weight excluding hydrogens is 232 g/mol. The molecule has 0 fully saturated rings. The maximum atomic E-state index is 12.2. The molecule has 0 saturated heterocycles. The molecule has 0 unspecified atom stereocenters. The molecular formula is C18H11O. The maximum absolute atomic E-state index is 12.2. The fraction of sp³-hybridized carbons (Fsp3) is 0. The van der Waals surface area contributed by atoms with Gasteiger partial charge in [0.25, 0.3) is 0 Å². The van der Waals surface area contributed by atoms with Crippen LogP contribution in [-0.4, -0.2) is 0 Å². The largest absolute Gasteiger partial charge is 0.289 e. The lowest BCUT2D eigenvalue weighted by Crippen LogP contribution is -1.81. The van der Waals surface area contributed by atoms with Gasteiger partial charge in [-0.3, -0.25) is 5.11 Å². The van der Waals surface area contributed by atoms with E-state index in [9.17, 15) is 5.11 Å². The predicted octanol–water partition coefficient (Wildman–Crippen LogP) is 5.29. The van der Waals surface area contributed by atoms with Crippen molar-refractivity contribution in [2.75, 3.05) is 0 Å². The molecule has 0 spiro atoms. The van der Waals surface area contributed by atoms with Crippen molar-refractivity contribution in [3.8, 4) is 5.75 Å². The molecule has 19 heavy (non-hydrogen) atoms. The van der Waals surface area contributed by atoms with Gasteiger partial charge in [-0.25, -0.2) is 0 Å². The molecule has 0 saturated carbocycles. The normalized spacial score (nSPS) is 11.4. The SMILES string of the molecule is [O]c1cccc2ccc3ccc4ccccc4c3c12. The minimum absolute atomic E-state index is 0.0967. The third kappa shape index (κ3) is 1.42. The fourth-order valence-electron chi connectivity index (χ4n) is 2.84. The maximum Gasteiger partial charge on any atom is 0.187 e. The molecule has 4 rings (SSSR count). The number of rotatable bonds is 0. The van der Waals surface area contributed by atoms with Gasteiger partial charge in [0, 0.05) is 10.8 Å². The van der Waals surface area contributed by atoms with Gasteiger partial charge in [0.2, 0.25) is 0 Å². The third-order valence-electron chi connectivity index (χ3n) is 3.71. The minimum Gasteiger partial charge on any atom is -0.289 e. The summed E-state index contributed by atoms with van der Waals surface area (Å²) in [6, 6.07) is 22.0. The molecule has 0 atom stereocenters. The average molecular weight is 243 g/mol. The van der Waals surface area contributed by atoms with Crippen LogP contribution in [0.1, 0.15) is 0 Å². The smallest absolute Gasteiger partial charge is 0.187 e. The zero-order chi connectivity index (χ0) is 12.8. The van der Waals surface area contributed by atoms with E-state index in [4.69, 9.17) is 0 Å². The Bertz CT molecular complexity index is 917. The highest BCUT2D eigenvalue weighted by Crippen LogP contribution is 2.36. The molecule has 0 aliphatic rings. The molecule has 0 N–H and O–H groups in total. The highest BCUT2D eigenvalue weighted by Gasteiger charge is 2.08. The van der Waals surface area contributed by atoms with Gasteiger partial charge in [0.05, 0.1) is 0 Å². The van der Waals surface area contributed by atoms with Crippen LogP contribution in [0.25, 0.3) is 32.3 Å². The Morgan fingerprint density at radius 1 is 0.526 bits per heavy atom. The van der Waals surface area contributed by atoms with Crippen molar-refractivity contribution >= 4 is 32.3 Å². The van der Waals surface area contributed by atoms with Gasteiger partial charge in [-0.15, -0.1) is 0 Å². The quantitative estimate of drug-likeness (QED) is 0.374. The molecule has 1 nitrogen and oxygen atoms in total. The molecule has 0 amide bonds. The van der Waals surface area contributed by atoms with Crippen molar-refractivity contribution in [3.63, 3.8) is 0 Å². The van der Waals surface area contributed by atoms with E-state index in [0.717, 1.165) is 26.9 Å². The molecule has 0 heterocycles. The van der Waals surface area contributed by atoms with E-state index >= 15 is 0 Å². The first-order valence-corrected chi connectivity index (χ1v) is 6.35. The highest BCUT2D eigenvalue weighted by molar-refractivity contribution is 6.21. The minimum atomic E-state index is 0.0967. The van der Waals surface area contributed by atoms with Crippen LogP contribution in [0.15, 0.2) is 66.7 Å². The lowest BCUT2D eigenvalue weighted by atomic mass is 9.96. The summed E-state index contributed by atoms with van der Waals surface area (Å²) < 4.78 is 0. The summed E-state index contributed by atoms with van der Waals surface area (Å²) in [5, 5.41) is 18.6. The van der Waals surface area contributed by atoms with Crippen molar-refractivity contribution < 1.29 is 5.11 Å². The number of hydrogen-bond donors (Lipinski definition) is 0. The Morgan fingerprint density at radius 3 is 2.00 bits per heavy atom. The lowest BCUT2D eigenvalue weighted by Gasteiger charge is -2.08. The standard InChI is InChI=1S/C18H11O/c19-16-7-3-5-13-10-11-14-9-8-12-4-1-2-6-15(12)17(14)18(13)16/h1-11H. The monoisotopic (exact) mass is 243 g/mol. The summed E-state index contributed by atoms with van der Waals surface area (Å²) in [5.41, 5.74) is 0. The summed E-state index contributed by atoms with van der Waals surface area (Å²) in [5.74, 6) is 0.0967. The van der Waals surface area contributed by atoms with Gasteiger partial charge in [-0.1, -0.05) is 60.7 Å². The zero-order valence-electron chi connectivity index (χ0n) is 10.3. The zero-order valence-corrected chi connectivity index (χ0v) is 10.3. The Balaban J connectivity index is 2.40. The van der Waals surface area contributed by atoms with E-state index < -0.39 is 0 Å². The van der Waals surface area contributed by atoms with E-state index in [1.54, 1.807) is 6.07 Å². The molecule has 1 radical (unpaired) electrons. The summed E-state index contributed by atoms with van der Waals surface area (Å²) in [4.78, 5) is 0. The molecule has 89 valence electrons. The van der Waals surface area contributed by atoms with Crippen LogP contribution in [0.3, 0.4) is 0 Å². The molecule has 0 aliphatic carbocycles. The second-order valence-electron chi connectivity index (χ2n) is 4.80. The van der Waals surface area contributed by atoms with Crippen LogP contribution < -0.4 is 0 Å². The highest BCUT2D eigenvalue weighted by atomic mass is 16.3. The van der Waals surface area contributed by atoms with E-state index in [0.29, 0.717) is 0 Å². The Hall–Kier alpha value is -2.54. The van der Waals surface area contributed by atoms with Crippen molar-refractivity contribution in [2.45, 2.75) is 0 Å². The average Bonchev–Trinajstić information content (AvgIpc) is 2.47. The summed E-state index contributed by atoms with van der Waals surface area (Å²) in [6.45, 7) is 0. The van der Waals surface area contributed by atoms with Crippen LogP contribution in [0.5, 0.6) is 5.75 Å². The fourth-order valence-corrected chi connectivity index (χ4v) is 2.84. The molecule has 4 aromatic carbocycles. The Morgan fingerprint density at radius 2 is 1.16 bits per heavy atom. The number of benzene rings is 4. The molecule has 0 aliphatic heterocycles. The van der Waals surface area contributed by atoms with E-state index in [-0.39, 0.29) is 5.75 Å². The van der Waals surface area contributed by atoms with Gasteiger partial charge in [-0.2, -0.15) is 0 Å². The first-order valence-electron chi connectivity index (χ1n) is 6.35. The molecule has 1 heteroatoms. The first-order chi connectivity index (χ1) is 9.34. The second kappa shape index (κ2) is 3.72. The lowest BCUT2D eigenvalue weighted by molar-refractivity contribution is 0.360. The predicted molar refractivity (Wildman–Crippen MR) is 79.1 cm³/mol. The number of hydrogen-bond acceptors (Lipinski definition) is 0. The van der Waals surface area contributed by atoms with Crippen LogP contribution in [-0.2, 0) is 5.11 Å². The topological polar surface area (TPSA) is 19.9 Å². The summed E-state index contributed by atoms with van der Waals surface area (Å²) >= 11 is 0. The second-order valence-corrected chi connectivity index (χ2v) is 4.80. The Labute approximate surface area is 110 Å². The third-order valence-corrected chi connectivity index (χ3v) is 3.71. The van der Waals surface area contributed by atoms with Crippen LogP contribution in [0, 0.1) is 0 Å². The van der Waals surface area contributed by atoms with Crippen molar-refractivity contribution in [2.24, 2.45) is 0 Å². The van der Waals surface area contributed by atoms with E-state index in [1.807, 2.05) is 30.3 Å². The first kappa shape index (κ1) is 10.4. The van der Waals surface area contributed by atoms with Gasteiger partial charge >= 0.3 is 0 Å². The number of fused-ring (bicyclic) bond motifs is 5. The van der Waals surface area contributed by atoms with Crippen molar-refractivity contribution in [1.82, 2.24) is 0 Å². The molecule has 0 aromatic heterocycles. The van der Waals surface area contributed by atoms with Gasteiger partial charge < -0.3 is 0 Å². The van der Waals surface area contributed by atoms with Crippen LogP contribution in [0.4, 0.5) is 0 Å². The van der Waals surface area contributed by atoms with E-state index in [1.165, 1.54) is 5.39 Å². The van der Waals surface area contributed by atoms with Gasteiger partial charge in [0.1, 0.15) is 0 Å². The molecule has 0 bridgehead atoms. The summed E-state index contributed by atoms with van der Waals surface area (Å²) in [6.07, 6.45) is 0. The van der Waals surface area contributed by atoms with Crippen LogP contribution >= 0.6 is 0 Å². The van der Waals surface area contributed by atoms with Crippen LogP contribution in [0.2, 0.25) is 0 Å². The van der Waals surface area contributed by atoms with Gasteiger partial charge in [-0.05, 0) is 27.6 Å². The van der Waals surface area contributed by atoms with Crippen molar-refractivity contribution in [3.05, 3.63) is 66.7 Å². The summed E-state index contributed by atoms with van der Waals surface area (Å²) in [7, 11) is 0. The van der Waals surface area contributed by atoms with Gasteiger partial charge in [0.15, 0.2) is 5.75 Å². The van der Waals surface area contributed by atoms with Crippen molar-refractivity contribution in [1.29, 1.82) is 0 Å².